The van der Waals surface area contributed by atoms with Gasteiger partial charge in [-0.05, 0) is 13.3 Å². The predicted octanol–water partition coefficient (Wildman–Crippen LogP) is 0.265. The molecular weight excluding hydrogens is 116 g/mol. The first-order chi connectivity index (χ1) is 4.31. The SMILES string of the molecule is CCC(C)ONCCN. The maximum atomic E-state index is 5.21. The van der Waals surface area contributed by atoms with Crippen molar-refractivity contribution in [1.29, 1.82) is 0 Å². The van der Waals surface area contributed by atoms with Gasteiger partial charge in [0.05, 0.1) is 6.10 Å². The van der Waals surface area contributed by atoms with Crippen molar-refractivity contribution >= 4 is 0 Å². The van der Waals surface area contributed by atoms with Gasteiger partial charge in [0, 0.05) is 13.1 Å². The van der Waals surface area contributed by atoms with Crippen LogP contribution in [0.4, 0.5) is 0 Å². The van der Waals surface area contributed by atoms with Crippen LogP contribution in [0.3, 0.4) is 0 Å². The van der Waals surface area contributed by atoms with Crippen LogP contribution in [0, 0.1) is 0 Å². The highest BCUT2D eigenvalue weighted by Crippen LogP contribution is 1.90. The topological polar surface area (TPSA) is 47.3 Å². The Morgan fingerprint density at radius 1 is 1.67 bits per heavy atom. The fraction of sp³-hybridized carbons (Fsp3) is 1.00. The summed E-state index contributed by atoms with van der Waals surface area (Å²) in [5.41, 5.74) is 7.97. The molecule has 3 nitrogen and oxygen atoms in total. The van der Waals surface area contributed by atoms with E-state index < -0.39 is 0 Å². The van der Waals surface area contributed by atoms with Crippen molar-refractivity contribution in [3.05, 3.63) is 0 Å². The van der Waals surface area contributed by atoms with Crippen LogP contribution in [0.1, 0.15) is 20.3 Å². The molecule has 0 saturated carbocycles. The van der Waals surface area contributed by atoms with Crippen LogP contribution in [-0.4, -0.2) is 19.2 Å². The van der Waals surface area contributed by atoms with Gasteiger partial charge in [-0.1, -0.05) is 6.92 Å². The zero-order chi connectivity index (χ0) is 7.11. The highest BCUT2D eigenvalue weighted by molar-refractivity contribution is 4.41. The molecule has 0 aliphatic rings. The lowest BCUT2D eigenvalue weighted by Gasteiger charge is -2.09. The molecule has 3 heteroatoms. The smallest absolute Gasteiger partial charge is 0.0759 e. The molecule has 0 saturated heterocycles. The van der Waals surface area contributed by atoms with E-state index in [0.717, 1.165) is 13.0 Å². The number of nitrogens with two attached hydrogens (primary N) is 1. The Morgan fingerprint density at radius 2 is 2.33 bits per heavy atom. The monoisotopic (exact) mass is 132 g/mol. The number of nitrogens with one attached hydrogen (secondary N) is 1. The molecule has 0 spiro atoms. The molecule has 3 N–H and O–H groups in total. The largest absolute Gasteiger partial charge is 0.329 e. The molecule has 0 fully saturated rings. The summed E-state index contributed by atoms with van der Waals surface area (Å²) >= 11 is 0. The van der Waals surface area contributed by atoms with E-state index in [0.29, 0.717) is 6.54 Å². The lowest BCUT2D eigenvalue weighted by atomic mass is 10.3. The second-order valence-corrected chi connectivity index (χ2v) is 2.02. The molecule has 0 aromatic carbocycles. The van der Waals surface area contributed by atoms with Gasteiger partial charge in [0.1, 0.15) is 0 Å². The molecule has 0 aliphatic carbocycles. The minimum atomic E-state index is 0.288. The van der Waals surface area contributed by atoms with E-state index in [1.54, 1.807) is 0 Å². The summed E-state index contributed by atoms with van der Waals surface area (Å²) in [6.45, 7) is 5.44. The first kappa shape index (κ1) is 8.88. The Balaban J connectivity index is 2.88. The zero-order valence-electron chi connectivity index (χ0n) is 6.18. The summed E-state index contributed by atoms with van der Waals surface area (Å²) < 4.78 is 0. The van der Waals surface area contributed by atoms with Crippen LogP contribution in [0.15, 0.2) is 0 Å². The van der Waals surface area contributed by atoms with Crippen LogP contribution < -0.4 is 11.2 Å². The molecule has 1 unspecified atom stereocenters. The number of rotatable bonds is 5. The average molecular weight is 132 g/mol. The van der Waals surface area contributed by atoms with Crippen LogP contribution in [0.5, 0.6) is 0 Å². The highest BCUT2D eigenvalue weighted by atomic mass is 16.7. The fourth-order valence-electron chi connectivity index (χ4n) is 0.343. The van der Waals surface area contributed by atoms with Gasteiger partial charge in [-0.3, -0.25) is 4.84 Å². The third-order valence-electron chi connectivity index (χ3n) is 1.11. The van der Waals surface area contributed by atoms with Gasteiger partial charge in [0.25, 0.3) is 0 Å². The summed E-state index contributed by atoms with van der Waals surface area (Å²) in [7, 11) is 0. The van der Waals surface area contributed by atoms with Crippen molar-refractivity contribution < 1.29 is 4.84 Å². The third kappa shape index (κ3) is 5.76. The molecule has 9 heavy (non-hydrogen) atoms. The van der Waals surface area contributed by atoms with E-state index in [-0.39, 0.29) is 6.10 Å². The normalized spacial score (nSPS) is 13.7. The van der Waals surface area contributed by atoms with Crippen molar-refractivity contribution in [3.63, 3.8) is 0 Å². The van der Waals surface area contributed by atoms with Crippen LogP contribution in [-0.2, 0) is 4.84 Å². The first-order valence-corrected chi connectivity index (χ1v) is 3.39. The van der Waals surface area contributed by atoms with Crippen molar-refractivity contribution in [2.75, 3.05) is 13.1 Å². The van der Waals surface area contributed by atoms with Gasteiger partial charge in [-0.15, -0.1) is 0 Å². The molecule has 56 valence electrons. The minimum absolute atomic E-state index is 0.288. The maximum absolute atomic E-state index is 5.21. The lowest BCUT2D eigenvalue weighted by Crippen LogP contribution is -2.26. The molecule has 0 heterocycles. The van der Waals surface area contributed by atoms with Gasteiger partial charge in [0.15, 0.2) is 0 Å². The standard InChI is InChI=1S/C6H16N2O/c1-3-6(2)9-8-5-4-7/h6,8H,3-5,7H2,1-2H3. The van der Waals surface area contributed by atoms with E-state index in [9.17, 15) is 0 Å². The molecule has 0 aliphatic heterocycles. The predicted molar refractivity (Wildman–Crippen MR) is 37.9 cm³/mol. The van der Waals surface area contributed by atoms with Gasteiger partial charge < -0.3 is 5.73 Å². The van der Waals surface area contributed by atoms with Crippen molar-refractivity contribution in [2.45, 2.75) is 26.4 Å². The second kappa shape index (κ2) is 6.01. The summed E-state index contributed by atoms with van der Waals surface area (Å²) in [4.78, 5) is 5.10. The minimum Gasteiger partial charge on any atom is -0.329 e. The number of hydrogen-bond acceptors (Lipinski definition) is 3. The van der Waals surface area contributed by atoms with E-state index in [1.807, 2.05) is 6.92 Å². The molecule has 0 amide bonds. The summed E-state index contributed by atoms with van der Waals surface area (Å²) in [6.07, 6.45) is 1.31. The van der Waals surface area contributed by atoms with Crippen molar-refractivity contribution in [1.82, 2.24) is 5.48 Å². The maximum Gasteiger partial charge on any atom is 0.0759 e. The summed E-state index contributed by atoms with van der Waals surface area (Å²) in [5.74, 6) is 0. The molecule has 0 aromatic rings. The summed E-state index contributed by atoms with van der Waals surface area (Å²) in [6, 6.07) is 0. The summed E-state index contributed by atoms with van der Waals surface area (Å²) in [5, 5.41) is 0. The van der Waals surface area contributed by atoms with Crippen molar-refractivity contribution in [2.24, 2.45) is 5.73 Å². The Kier molecular flexibility index (Phi) is 5.93. The fourth-order valence-corrected chi connectivity index (χ4v) is 0.343. The van der Waals surface area contributed by atoms with E-state index in [1.165, 1.54) is 0 Å². The Bertz CT molecular complexity index is 59.0. The molecule has 0 aromatic heterocycles. The quantitative estimate of drug-likeness (QED) is 0.417. The molecule has 0 radical (unpaired) electrons. The van der Waals surface area contributed by atoms with Gasteiger partial charge >= 0.3 is 0 Å². The van der Waals surface area contributed by atoms with Crippen LogP contribution in [0.25, 0.3) is 0 Å². The Labute approximate surface area is 56.5 Å². The first-order valence-electron chi connectivity index (χ1n) is 3.39. The lowest BCUT2D eigenvalue weighted by molar-refractivity contribution is -0.0146. The Hall–Kier alpha value is -0.120. The second-order valence-electron chi connectivity index (χ2n) is 2.02. The molecule has 0 bridgehead atoms. The molecular formula is C6H16N2O. The van der Waals surface area contributed by atoms with Crippen LogP contribution in [0.2, 0.25) is 0 Å². The van der Waals surface area contributed by atoms with Gasteiger partial charge in [-0.2, -0.15) is 0 Å². The zero-order valence-corrected chi connectivity index (χ0v) is 6.18. The van der Waals surface area contributed by atoms with Crippen molar-refractivity contribution in [3.8, 4) is 0 Å². The van der Waals surface area contributed by atoms with E-state index in [2.05, 4.69) is 12.4 Å². The van der Waals surface area contributed by atoms with Gasteiger partial charge in [0.2, 0.25) is 0 Å². The van der Waals surface area contributed by atoms with Gasteiger partial charge in [-0.25, -0.2) is 5.48 Å². The molecule has 1 atom stereocenters. The van der Waals surface area contributed by atoms with Crippen LogP contribution >= 0.6 is 0 Å². The van der Waals surface area contributed by atoms with E-state index in [4.69, 9.17) is 10.6 Å². The Morgan fingerprint density at radius 3 is 2.78 bits per heavy atom. The van der Waals surface area contributed by atoms with E-state index >= 15 is 0 Å². The number of hydroxylamine groups is 1. The highest BCUT2D eigenvalue weighted by Gasteiger charge is 1.94. The third-order valence-corrected chi connectivity index (χ3v) is 1.11. The average Bonchev–Trinajstić information content (AvgIpc) is 1.89. The number of hydrogen-bond donors (Lipinski definition) is 2. The molecule has 0 rings (SSSR count).